The highest BCUT2D eigenvalue weighted by Gasteiger charge is 2.36. The Morgan fingerprint density at radius 2 is 1.90 bits per heavy atom. The summed E-state index contributed by atoms with van der Waals surface area (Å²) < 4.78 is 41.5. The number of nitrogens with one attached hydrogen (secondary N) is 1. The highest BCUT2D eigenvalue weighted by molar-refractivity contribution is 5.93. The molecule has 1 aliphatic rings. The Bertz CT molecular complexity index is 1070. The highest BCUT2D eigenvalue weighted by atomic mass is 19.4. The number of alkyl halides is 3. The molecule has 164 valence electrons. The minimum atomic E-state index is -4.39. The van der Waals surface area contributed by atoms with E-state index in [0.717, 1.165) is 6.07 Å². The van der Waals surface area contributed by atoms with Crippen molar-refractivity contribution in [1.29, 1.82) is 0 Å². The molecule has 31 heavy (non-hydrogen) atoms. The second-order valence-corrected chi connectivity index (χ2v) is 7.45. The van der Waals surface area contributed by atoms with Crippen LogP contribution in [0.3, 0.4) is 0 Å². The van der Waals surface area contributed by atoms with Crippen molar-refractivity contribution in [2.75, 3.05) is 31.6 Å². The van der Waals surface area contributed by atoms with Crippen molar-refractivity contribution in [2.45, 2.75) is 24.9 Å². The summed E-state index contributed by atoms with van der Waals surface area (Å²) in [4.78, 5) is 18.8. The highest BCUT2D eigenvalue weighted by Crippen LogP contribution is 2.38. The van der Waals surface area contributed by atoms with Gasteiger partial charge in [-0.25, -0.2) is 9.50 Å². The summed E-state index contributed by atoms with van der Waals surface area (Å²) >= 11 is 0. The quantitative estimate of drug-likeness (QED) is 0.646. The van der Waals surface area contributed by atoms with Crippen molar-refractivity contribution in [2.24, 2.45) is 0 Å². The summed E-state index contributed by atoms with van der Waals surface area (Å²) in [5.41, 5.74) is 0.437. The standard InChI is InChI=1S/C21H22F3N5O2/c22-21(23,24)16-4-2-1-3-15(16)14-7-10-28(11-8-14)20(31)17-13-29-19(26-17)6-5-18(27-29)25-9-12-30/h1-6,13-14,30H,7-12H2,(H,25,27). The Hall–Kier alpha value is -3.14. The molecule has 0 saturated carbocycles. The third-order valence-corrected chi connectivity index (χ3v) is 5.45. The summed E-state index contributed by atoms with van der Waals surface area (Å²) in [5.74, 6) is 0.0322. The largest absolute Gasteiger partial charge is 0.416 e. The summed E-state index contributed by atoms with van der Waals surface area (Å²) in [5, 5.41) is 16.1. The lowest BCUT2D eigenvalue weighted by Gasteiger charge is -2.32. The van der Waals surface area contributed by atoms with Crippen LogP contribution in [-0.2, 0) is 6.18 Å². The van der Waals surface area contributed by atoms with Gasteiger partial charge in [-0.2, -0.15) is 13.2 Å². The molecule has 3 heterocycles. The fourth-order valence-electron chi connectivity index (χ4n) is 3.93. The number of carbonyl (C=O) groups is 1. The molecule has 1 aromatic carbocycles. The van der Waals surface area contributed by atoms with E-state index in [0.29, 0.717) is 49.5 Å². The lowest BCUT2D eigenvalue weighted by atomic mass is 9.86. The summed E-state index contributed by atoms with van der Waals surface area (Å²) in [7, 11) is 0. The number of imidazole rings is 1. The molecule has 1 amide bonds. The van der Waals surface area contributed by atoms with E-state index in [4.69, 9.17) is 5.11 Å². The van der Waals surface area contributed by atoms with Gasteiger partial charge < -0.3 is 15.3 Å². The topological polar surface area (TPSA) is 82.8 Å². The van der Waals surface area contributed by atoms with Crippen LogP contribution in [0.25, 0.3) is 5.65 Å². The van der Waals surface area contributed by atoms with Gasteiger partial charge in [0, 0.05) is 19.6 Å². The van der Waals surface area contributed by atoms with Crippen molar-refractivity contribution in [1.82, 2.24) is 19.5 Å². The minimum Gasteiger partial charge on any atom is -0.395 e. The number of amides is 1. The number of likely N-dealkylation sites (tertiary alicyclic amines) is 1. The van der Waals surface area contributed by atoms with Crippen LogP contribution in [0, 0.1) is 0 Å². The first-order valence-electron chi connectivity index (χ1n) is 10.0. The lowest BCUT2D eigenvalue weighted by molar-refractivity contribution is -0.138. The molecule has 2 N–H and O–H groups in total. The van der Waals surface area contributed by atoms with Crippen molar-refractivity contribution < 1.29 is 23.1 Å². The van der Waals surface area contributed by atoms with Gasteiger partial charge in [-0.05, 0) is 42.5 Å². The predicted octanol–water partition coefficient (Wildman–Crippen LogP) is 3.17. The second-order valence-electron chi connectivity index (χ2n) is 7.45. The number of nitrogens with zero attached hydrogens (tertiary/aromatic N) is 4. The van der Waals surface area contributed by atoms with Gasteiger partial charge in [0.1, 0.15) is 11.5 Å². The van der Waals surface area contributed by atoms with Crippen molar-refractivity contribution >= 4 is 17.4 Å². The van der Waals surface area contributed by atoms with Crippen LogP contribution >= 0.6 is 0 Å². The van der Waals surface area contributed by atoms with E-state index in [1.165, 1.54) is 22.8 Å². The van der Waals surface area contributed by atoms with Crippen LogP contribution in [0.5, 0.6) is 0 Å². The van der Waals surface area contributed by atoms with Gasteiger partial charge in [0.15, 0.2) is 5.65 Å². The predicted molar refractivity (Wildman–Crippen MR) is 108 cm³/mol. The molecule has 1 saturated heterocycles. The molecule has 0 spiro atoms. The van der Waals surface area contributed by atoms with Crippen LogP contribution in [0.1, 0.15) is 40.4 Å². The number of halogens is 3. The Morgan fingerprint density at radius 3 is 2.61 bits per heavy atom. The maximum atomic E-state index is 13.3. The Kier molecular flexibility index (Phi) is 5.81. The minimum absolute atomic E-state index is 0.0310. The fraction of sp³-hybridized carbons (Fsp3) is 0.381. The SMILES string of the molecule is O=C(c1cn2nc(NCCO)ccc2n1)N1CCC(c2ccccc2C(F)(F)F)CC1. The number of hydrogen-bond acceptors (Lipinski definition) is 5. The Labute approximate surface area is 176 Å². The number of fused-ring (bicyclic) bond motifs is 1. The van der Waals surface area contributed by atoms with E-state index in [1.54, 1.807) is 23.1 Å². The number of anilines is 1. The van der Waals surface area contributed by atoms with E-state index in [-0.39, 0.29) is 24.1 Å². The number of aromatic nitrogens is 3. The zero-order chi connectivity index (χ0) is 22.0. The first-order valence-corrected chi connectivity index (χ1v) is 10.0. The summed E-state index contributed by atoms with van der Waals surface area (Å²) in [6.07, 6.45) is -1.94. The number of aliphatic hydroxyl groups is 1. The first-order chi connectivity index (χ1) is 14.9. The molecule has 0 radical (unpaired) electrons. The van der Waals surface area contributed by atoms with Gasteiger partial charge in [-0.3, -0.25) is 4.79 Å². The molecule has 1 aliphatic heterocycles. The molecule has 7 nitrogen and oxygen atoms in total. The molecule has 0 atom stereocenters. The Morgan fingerprint density at radius 1 is 1.16 bits per heavy atom. The molecule has 3 aromatic rings. The molecule has 1 fully saturated rings. The first kappa shape index (κ1) is 21.1. The number of aliphatic hydroxyl groups excluding tert-OH is 1. The Balaban J connectivity index is 1.45. The van der Waals surface area contributed by atoms with Crippen molar-refractivity contribution in [3.63, 3.8) is 0 Å². The molecule has 4 rings (SSSR count). The zero-order valence-electron chi connectivity index (χ0n) is 16.6. The van der Waals surface area contributed by atoms with Crippen LogP contribution < -0.4 is 5.32 Å². The third-order valence-electron chi connectivity index (χ3n) is 5.45. The van der Waals surface area contributed by atoms with Gasteiger partial charge >= 0.3 is 6.18 Å². The van der Waals surface area contributed by atoms with Gasteiger partial charge in [0.05, 0.1) is 18.4 Å². The van der Waals surface area contributed by atoms with Crippen LogP contribution in [0.2, 0.25) is 0 Å². The van der Waals surface area contributed by atoms with E-state index in [9.17, 15) is 18.0 Å². The smallest absolute Gasteiger partial charge is 0.395 e. The van der Waals surface area contributed by atoms with Crippen molar-refractivity contribution in [3.8, 4) is 0 Å². The monoisotopic (exact) mass is 433 g/mol. The van der Waals surface area contributed by atoms with Crippen LogP contribution in [0.15, 0.2) is 42.6 Å². The van der Waals surface area contributed by atoms with Crippen molar-refractivity contribution in [3.05, 3.63) is 59.4 Å². The molecule has 0 aliphatic carbocycles. The molecule has 0 unspecified atom stereocenters. The molecule has 0 bridgehead atoms. The van der Waals surface area contributed by atoms with Crippen LogP contribution in [0.4, 0.5) is 19.0 Å². The van der Waals surface area contributed by atoms with E-state index < -0.39 is 11.7 Å². The number of piperidine rings is 1. The average molecular weight is 433 g/mol. The van der Waals surface area contributed by atoms with E-state index in [1.807, 2.05) is 0 Å². The fourth-order valence-corrected chi connectivity index (χ4v) is 3.93. The number of rotatable bonds is 5. The second kappa shape index (κ2) is 8.54. The molecule has 2 aromatic heterocycles. The number of hydrogen-bond donors (Lipinski definition) is 2. The maximum Gasteiger partial charge on any atom is 0.416 e. The maximum absolute atomic E-state index is 13.3. The van der Waals surface area contributed by atoms with E-state index in [2.05, 4.69) is 15.4 Å². The van der Waals surface area contributed by atoms with Gasteiger partial charge in [0.2, 0.25) is 0 Å². The zero-order valence-corrected chi connectivity index (χ0v) is 16.6. The number of benzene rings is 1. The lowest BCUT2D eigenvalue weighted by Crippen LogP contribution is -2.38. The molecular formula is C21H22F3N5O2. The molecule has 10 heteroatoms. The number of carbonyl (C=O) groups excluding carboxylic acids is 1. The molecular weight excluding hydrogens is 411 g/mol. The van der Waals surface area contributed by atoms with Gasteiger partial charge in [-0.15, -0.1) is 5.10 Å². The average Bonchev–Trinajstić information content (AvgIpc) is 3.20. The van der Waals surface area contributed by atoms with Gasteiger partial charge in [0.25, 0.3) is 5.91 Å². The summed E-state index contributed by atoms with van der Waals surface area (Å²) in [6, 6.07) is 9.07. The summed E-state index contributed by atoms with van der Waals surface area (Å²) in [6.45, 7) is 1.04. The normalized spacial score (nSPS) is 15.4. The van der Waals surface area contributed by atoms with Crippen LogP contribution in [-0.4, -0.2) is 56.8 Å². The van der Waals surface area contributed by atoms with E-state index >= 15 is 0 Å². The van der Waals surface area contributed by atoms with Gasteiger partial charge in [-0.1, -0.05) is 18.2 Å². The third kappa shape index (κ3) is 4.48.